The largest absolute Gasteiger partial charge is 0.509 e. The zero-order valence-corrected chi connectivity index (χ0v) is 11.4. The van der Waals surface area contributed by atoms with Crippen molar-refractivity contribution in [1.82, 2.24) is 0 Å². The van der Waals surface area contributed by atoms with Crippen LogP contribution in [-0.2, 0) is 9.47 Å². The maximum absolute atomic E-state index is 11.2. The number of cyclic esters (lactones) is 2. The minimum Gasteiger partial charge on any atom is -0.430 e. The molecule has 1 fully saturated rings. The van der Waals surface area contributed by atoms with Crippen LogP contribution in [0.15, 0.2) is 36.4 Å². The first-order valence-electron chi connectivity index (χ1n) is 5.44. The third-order valence-electron chi connectivity index (χ3n) is 2.48. The van der Waals surface area contributed by atoms with Crippen LogP contribution in [0.2, 0.25) is 0 Å². The second-order valence-electron chi connectivity index (χ2n) is 3.81. The van der Waals surface area contributed by atoms with E-state index in [0.29, 0.717) is 0 Å². The summed E-state index contributed by atoms with van der Waals surface area (Å²) in [5.41, 5.74) is 1.10. The molecule has 0 radical (unpaired) electrons. The summed E-state index contributed by atoms with van der Waals surface area (Å²) < 4.78 is 10.9. The maximum Gasteiger partial charge on any atom is 0.509 e. The molecule has 1 saturated heterocycles. The van der Waals surface area contributed by atoms with Crippen LogP contribution in [0, 0.1) is 0 Å². The second-order valence-corrected chi connectivity index (χ2v) is 4.69. The summed E-state index contributed by atoms with van der Waals surface area (Å²) in [7, 11) is 0. The van der Waals surface area contributed by atoms with E-state index in [9.17, 15) is 4.79 Å². The summed E-state index contributed by atoms with van der Waals surface area (Å²) in [6.45, 7) is 0. The minimum absolute atomic E-state index is 0.0396. The Morgan fingerprint density at radius 3 is 2.76 bits per heavy atom. The summed E-state index contributed by atoms with van der Waals surface area (Å²) in [6.07, 6.45) is 3.81. The molecule has 1 aliphatic heterocycles. The average molecular weight is 344 g/mol. The number of halogens is 1. The quantitative estimate of drug-likeness (QED) is 0.479. The summed E-state index contributed by atoms with van der Waals surface area (Å²) in [5.74, 6) is 0. The van der Waals surface area contributed by atoms with Crippen LogP contribution in [0.4, 0.5) is 4.79 Å². The van der Waals surface area contributed by atoms with Crippen molar-refractivity contribution in [2.24, 2.45) is 0 Å². The molecule has 1 aliphatic rings. The average Bonchev–Trinajstić information content (AvgIpc) is 2.37. The number of benzene rings is 1. The number of carbonyl (C=O) groups is 1. The van der Waals surface area contributed by atoms with Gasteiger partial charge in [-0.15, -0.1) is 0 Å². The van der Waals surface area contributed by atoms with Gasteiger partial charge in [0.1, 0.15) is 12.2 Å². The molecule has 0 saturated carbocycles. The highest BCUT2D eigenvalue weighted by Gasteiger charge is 2.27. The molecular weight excluding hydrogens is 331 g/mol. The van der Waals surface area contributed by atoms with Crippen molar-refractivity contribution in [1.29, 1.82) is 0 Å². The molecule has 0 N–H and O–H groups in total. The zero-order chi connectivity index (χ0) is 12.1. The van der Waals surface area contributed by atoms with Gasteiger partial charge in [0, 0.05) is 10.8 Å². The molecule has 1 heterocycles. The first kappa shape index (κ1) is 12.4. The fourth-order valence-electron chi connectivity index (χ4n) is 1.64. The Balaban J connectivity index is 1.98. The van der Waals surface area contributed by atoms with E-state index in [1.54, 1.807) is 0 Å². The molecule has 0 spiro atoms. The molecular formula is C13H13IO3. The Morgan fingerprint density at radius 2 is 2.06 bits per heavy atom. The molecule has 3 nitrogen and oxygen atoms in total. The first-order chi connectivity index (χ1) is 8.28. The highest BCUT2D eigenvalue weighted by Crippen LogP contribution is 2.18. The fraction of sp³-hybridized carbons (Fsp3) is 0.308. The Bertz CT molecular complexity index is 402. The van der Waals surface area contributed by atoms with Gasteiger partial charge in [0.2, 0.25) is 0 Å². The lowest BCUT2D eigenvalue weighted by atomic mass is 10.1. The van der Waals surface area contributed by atoms with Gasteiger partial charge in [-0.25, -0.2) is 4.79 Å². The normalized spacial score (nSPS) is 24.4. The lowest BCUT2D eigenvalue weighted by Gasteiger charge is -2.26. The van der Waals surface area contributed by atoms with Gasteiger partial charge in [0.15, 0.2) is 0 Å². The van der Waals surface area contributed by atoms with E-state index in [-0.39, 0.29) is 12.2 Å². The number of ether oxygens (including phenoxy) is 2. The van der Waals surface area contributed by atoms with Crippen LogP contribution in [0.25, 0.3) is 6.08 Å². The molecule has 1 aromatic carbocycles. The van der Waals surface area contributed by atoms with Crippen molar-refractivity contribution in [3.05, 3.63) is 42.0 Å². The molecule has 0 bridgehead atoms. The van der Waals surface area contributed by atoms with Gasteiger partial charge >= 0.3 is 6.16 Å². The van der Waals surface area contributed by atoms with Crippen molar-refractivity contribution in [3.63, 3.8) is 0 Å². The topological polar surface area (TPSA) is 35.5 Å². The molecule has 0 amide bonds. The lowest BCUT2D eigenvalue weighted by molar-refractivity contribution is -0.0357. The predicted octanol–water partition coefficient (Wildman–Crippen LogP) is 3.43. The van der Waals surface area contributed by atoms with Gasteiger partial charge < -0.3 is 9.47 Å². The maximum atomic E-state index is 11.2. The fourth-order valence-corrected chi connectivity index (χ4v) is 2.18. The molecule has 17 heavy (non-hydrogen) atoms. The number of carbonyl (C=O) groups excluding carboxylic acids is 1. The van der Waals surface area contributed by atoms with Gasteiger partial charge in [-0.1, -0.05) is 59.0 Å². The van der Waals surface area contributed by atoms with Crippen LogP contribution in [0.5, 0.6) is 0 Å². The summed E-state index contributed by atoms with van der Waals surface area (Å²) in [6, 6.07) is 9.94. The SMILES string of the molecule is O=C1O[C@H](CI)C[C@@H](/C=C/c2ccccc2)O1. The van der Waals surface area contributed by atoms with Crippen LogP contribution in [0.3, 0.4) is 0 Å². The van der Waals surface area contributed by atoms with Gasteiger partial charge in [-0.2, -0.15) is 0 Å². The number of hydrogen-bond donors (Lipinski definition) is 0. The van der Waals surface area contributed by atoms with Crippen LogP contribution in [0.1, 0.15) is 12.0 Å². The molecule has 2 atom stereocenters. The minimum atomic E-state index is -0.569. The number of rotatable bonds is 3. The monoisotopic (exact) mass is 344 g/mol. The third kappa shape index (κ3) is 3.73. The molecule has 0 aromatic heterocycles. The van der Waals surface area contributed by atoms with Crippen LogP contribution in [-0.4, -0.2) is 22.8 Å². The van der Waals surface area contributed by atoms with Gasteiger partial charge in [0.25, 0.3) is 0 Å². The first-order valence-corrected chi connectivity index (χ1v) is 6.97. The highest BCUT2D eigenvalue weighted by molar-refractivity contribution is 14.1. The van der Waals surface area contributed by atoms with E-state index in [1.165, 1.54) is 0 Å². The van der Waals surface area contributed by atoms with Crippen molar-refractivity contribution >= 4 is 34.8 Å². The van der Waals surface area contributed by atoms with Crippen LogP contribution >= 0.6 is 22.6 Å². The Morgan fingerprint density at radius 1 is 1.29 bits per heavy atom. The molecule has 4 heteroatoms. The van der Waals surface area contributed by atoms with Crippen molar-refractivity contribution in [2.75, 3.05) is 4.43 Å². The molecule has 1 aromatic rings. The van der Waals surface area contributed by atoms with Crippen molar-refractivity contribution < 1.29 is 14.3 Å². The Labute approximate surface area is 114 Å². The van der Waals surface area contributed by atoms with E-state index in [0.717, 1.165) is 16.4 Å². The van der Waals surface area contributed by atoms with Gasteiger partial charge in [-0.05, 0) is 11.6 Å². The van der Waals surface area contributed by atoms with E-state index in [4.69, 9.17) is 9.47 Å². The molecule has 90 valence electrons. The Kier molecular flexibility index (Phi) is 4.42. The van der Waals surface area contributed by atoms with Crippen LogP contribution < -0.4 is 0 Å². The Hall–Kier alpha value is -1.04. The summed E-state index contributed by atoms with van der Waals surface area (Å²) in [4.78, 5) is 11.2. The molecule has 0 aliphatic carbocycles. The van der Waals surface area contributed by atoms with Crippen molar-refractivity contribution in [2.45, 2.75) is 18.6 Å². The standard InChI is InChI=1S/C13H13IO3/c14-9-12-8-11(16-13(15)17-12)7-6-10-4-2-1-3-5-10/h1-7,11-12H,8-9H2/b7-6+/t11-,12+/m1/s1. The van der Waals surface area contributed by atoms with Gasteiger partial charge in [-0.3, -0.25) is 0 Å². The summed E-state index contributed by atoms with van der Waals surface area (Å²) >= 11 is 2.21. The highest BCUT2D eigenvalue weighted by atomic mass is 127. The van der Waals surface area contributed by atoms with E-state index in [1.807, 2.05) is 42.5 Å². The molecule has 2 rings (SSSR count). The number of hydrogen-bond acceptors (Lipinski definition) is 3. The predicted molar refractivity (Wildman–Crippen MR) is 74.1 cm³/mol. The van der Waals surface area contributed by atoms with Crippen molar-refractivity contribution in [3.8, 4) is 0 Å². The summed E-state index contributed by atoms with van der Waals surface area (Å²) in [5, 5.41) is 0. The zero-order valence-electron chi connectivity index (χ0n) is 9.21. The molecule has 0 unspecified atom stereocenters. The third-order valence-corrected chi connectivity index (χ3v) is 3.46. The lowest BCUT2D eigenvalue weighted by Crippen LogP contribution is -2.34. The van der Waals surface area contributed by atoms with E-state index >= 15 is 0 Å². The number of alkyl halides is 1. The van der Waals surface area contributed by atoms with E-state index < -0.39 is 6.16 Å². The smallest absolute Gasteiger partial charge is 0.430 e. The van der Waals surface area contributed by atoms with E-state index in [2.05, 4.69) is 22.6 Å². The second kappa shape index (κ2) is 6.05. The van der Waals surface area contributed by atoms with Gasteiger partial charge in [0.05, 0.1) is 0 Å².